The zero-order chi connectivity index (χ0) is 13.9. The van der Waals surface area contributed by atoms with Gasteiger partial charge >= 0.3 is 5.97 Å². The smallest absolute Gasteiger partial charge is 0.335 e. The van der Waals surface area contributed by atoms with Crippen molar-refractivity contribution in [3.63, 3.8) is 0 Å². The molecule has 0 bridgehead atoms. The van der Waals surface area contributed by atoms with Crippen LogP contribution in [0.2, 0.25) is 0 Å². The lowest BCUT2D eigenvalue weighted by Gasteiger charge is -2.20. The Morgan fingerprint density at radius 1 is 1.25 bits per heavy atom. The first kappa shape index (κ1) is 12.4. The molecule has 4 nitrogen and oxygen atoms in total. The van der Waals surface area contributed by atoms with Crippen LogP contribution in [0.5, 0.6) is 0 Å². The molecule has 1 aromatic heterocycles. The molecular weight excluding hydrogens is 252 g/mol. The molecule has 0 aliphatic carbocycles. The van der Waals surface area contributed by atoms with Crippen LogP contribution in [0.25, 0.3) is 0 Å². The Bertz CT molecular complexity index is 642. The van der Waals surface area contributed by atoms with Gasteiger partial charge in [0.1, 0.15) is 0 Å². The van der Waals surface area contributed by atoms with E-state index < -0.39 is 5.97 Å². The van der Waals surface area contributed by atoms with Gasteiger partial charge < -0.3 is 10.1 Å². The second-order valence-electron chi connectivity index (χ2n) is 4.70. The molecule has 2 N–H and O–H groups in total. The molecule has 1 aromatic carbocycles. The molecule has 4 heteroatoms. The van der Waals surface area contributed by atoms with Crippen LogP contribution < -0.4 is 0 Å². The van der Waals surface area contributed by atoms with Gasteiger partial charge in [-0.15, -0.1) is 0 Å². The van der Waals surface area contributed by atoms with Gasteiger partial charge in [-0.25, -0.2) is 4.79 Å². The predicted octanol–water partition coefficient (Wildman–Crippen LogP) is 2.85. The lowest BCUT2D eigenvalue weighted by Crippen LogP contribution is -2.15. The van der Waals surface area contributed by atoms with Crippen molar-refractivity contribution in [3.8, 4) is 0 Å². The highest BCUT2D eigenvalue weighted by Gasteiger charge is 2.24. The molecule has 0 spiro atoms. The Kier molecular flexibility index (Phi) is 3.21. The van der Waals surface area contributed by atoms with Crippen LogP contribution >= 0.6 is 0 Å². The van der Waals surface area contributed by atoms with E-state index in [2.05, 4.69) is 16.1 Å². The second-order valence-corrected chi connectivity index (χ2v) is 4.70. The minimum Gasteiger partial charge on any atom is -0.478 e. The highest BCUT2D eigenvalue weighted by molar-refractivity contribution is 5.87. The number of aliphatic imine (C=N–C) groups is 1. The molecule has 2 heterocycles. The van der Waals surface area contributed by atoms with Crippen molar-refractivity contribution >= 4 is 12.2 Å². The first-order valence-corrected chi connectivity index (χ1v) is 6.42. The van der Waals surface area contributed by atoms with Crippen molar-refractivity contribution < 1.29 is 9.90 Å². The maximum Gasteiger partial charge on any atom is 0.335 e. The van der Waals surface area contributed by atoms with Crippen LogP contribution in [0, 0.1) is 0 Å². The molecule has 0 saturated heterocycles. The summed E-state index contributed by atoms with van der Waals surface area (Å²) in [5.41, 5.74) is 2.41. The fraction of sp³-hybridized carbons (Fsp3) is 0.125. The average molecular weight is 266 g/mol. The van der Waals surface area contributed by atoms with Crippen LogP contribution in [0.1, 0.15) is 27.5 Å². The maximum absolute atomic E-state index is 10.9. The van der Waals surface area contributed by atoms with E-state index in [4.69, 9.17) is 5.11 Å². The normalized spacial score (nSPS) is 18.3. The Labute approximate surface area is 116 Å². The summed E-state index contributed by atoms with van der Waals surface area (Å²) in [6, 6.07) is 11.0. The van der Waals surface area contributed by atoms with E-state index >= 15 is 0 Å². The van der Waals surface area contributed by atoms with Gasteiger partial charge in [-0.05, 0) is 35.9 Å². The van der Waals surface area contributed by atoms with Crippen molar-refractivity contribution in [2.24, 2.45) is 4.99 Å². The van der Waals surface area contributed by atoms with Crippen LogP contribution in [0.4, 0.5) is 0 Å². The molecule has 0 saturated carbocycles. The molecule has 1 aliphatic rings. The number of carboxylic acid groups (broad SMARTS) is 1. The summed E-state index contributed by atoms with van der Waals surface area (Å²) in [5.74, 6) is -0.838. The summed E-state index contributed by atoms with van der Waals surface area (Å²) in [6.45, 7) is 0. The number of aromatic amines is 1. The molecule has 0 radical (unpaired) electrons. The average Bonchev–Trinajstić information content (AvgIpc) is 3.13. The lowest BCUT2D eigenvalue weighted by molar-refractivity contribution is 0.0697. The summed E-state index contributed by atoms with van der Waals surface area (Å²) in [4.78, 5) is 18.6. The zero-order valence-electron chi connectivity index (χ0n) is 10.7. The molecule has 20 heavy (non-hydrogen) atoms. The van der Waals surface area contributed by atoms with Crippen molar-refractivity contribution in [2.45, 2.75) is 12.0 Å². The van der Waals surface area contributed by atoms with Crippen LogP contribution in [0.15, 0.2) is 59.7 Å². The van der Waals surface area contributed by atoms with Gasteiger partial charge in [-0.2, -0.15) is 0 Å². The number of H-pyrrole nitrogens is 1. The molecule has 0 amide bonds. The summed E-state index contributed by atoms with van der Waals surface area (Å²) in [6.07, 6.45) is 7.67. The lowest BCUT2D eigenvalue weighted by atomic mass is 9.88. The van der Waals surface area contributed by atoms with E-state index in [0.717, 1.165) is 11.3 Å². The quantitative estimate of drug-likeness (QED) is 0.893. The first-order valence-electron chi connectivity index (χ1n) is 6.42. The summed E-state index contributed by atoms with van der Waals surface area (Å²) in [5, 5.41) is 8.97. The first-order chi connectivity index (χ1) is 9.75. The van der Waals surface area contributed by atoms with Gasteiger partial charge in [0.25, 0.3) is 0 Å². The Hall–Kier alpha value is -2.62. The number of hydrogen-bond donors (Lipinski definition) is 2. The van der Waals surface area contributed by atoms with E-state index in [1.807, 2.05) is 36.5 Å². The monoisotopic (exact) mass is 266 g/mol. The molecule has 2 atom stereocenters. The number of nitrogens with one attached hydrogen (secondary N) is 1. The Morgan fingerprint density at radius 2 is 2.05 bits per heavy atom. The standard InChI is InChI=1S/C16H14N2O2/c19-16(20)12-7-5-11(6-8-12)15(13-3-1-9-17-13)14-4-2-10-18-14/h1-10,13,15,18H,(H,19,20). The van der Waals surface area contributed by atoms with E-state index in [-0.39, 0.29) is 12.0 Å². The Balaban J connectivity index is 1.99. The third-order valence-electron chi connectivity index (χ3n) is 3.47. The minimum absolute atomic E-state index is 0.0457. The van der Waals surface area contributed by atoms with Gasteiger partial charge in [-0.1, -0.05) is 18.2 Å². The van der Waals surface area contributed by atoms with Crippen LogP contribution in [-0.2, 0) is 0 Å². The largest absolute Gasteiger partial charge is 0.478 e. The summed E-state index contributed by atoms with van der Waals surface area (Å²) >= 11 is 0. The van der Waals surface area contributed by atoms with Crippen molar-refractivity contribution in [1.82, 2.24) is 4.98 Å². The molecule has 0 fully saturated rings. The highest BCUT2D eigenvalue weighted by atomic mass is 16.4. The number of nitrogens with zero attached hydrogens (tertiary/aromatic N) is 1. The number of carbonyl (C=O) groups is 1. The van der Waals surface area contributed by atoms with Gasteiger partial charge in [0.05, 0.1) is 17.5 Å². The van der Waals surface area contributed by atoms with Crippen molar-refractivity contribution in [3.05, 3.63) is 71.6 Å². The SMILES string of the molecule is O=C(O)c1ccc(C(c2ccc[nH]2)C2C=CC=N2)cc1. The molecule has 2 unspecified atom stereocenters. The second kappa shape index (κ2) is 5.17. The topological polar surface area (TPSA) is 65.4 Å². The van der Waals surface area contributed by atoms with Crippen molar-refractivity contribution in [2.75, 3.05) is 0 Å². The fourth-order valence-corrected chi connectivity index (χ4v) is 2.49. The van der Waals surface area contributed by atoms with Crippen LogP contribution in [-0.4, -0.2) is 28.3 Å². The summed E-state index contributed by atoms with van der Waals surface area (Å²) in [7, 11) is 0. The van der Waals surface area contributed by atoms with E-state index in [1.54, 1.807) is 18.3 Å². The third kappa shape index (κ3) is 2.28. The number of allylic oxidation sites excluding steroid dienone is 1. The predicted molar refractivity (Wildman–Crippen MR) is 77.5 cm³/mol. The number of rotatable bonds is 4. The van der Waals surface area contributed by atoms with E-state index in [9.17, 15) is 4.79 Å². The molecular formula is C16H14N2O2. The summed E-state index contributed by atoms with van der Waals surface area (Å²) < 4.78 is 0. The van der Waals surface area contributed by atoms with Gasteiger partial charge in [0, 0.05) is 18.1 Å². The van der Waals surface area contributed by atoms with Gasteiger partial charge in [0.2, 0.25) is 0 Å². The number of benzene rings is 1. The molecule has 2 aromatic rings. The van der Waals surface area contributed by atoms with E-state index in [0.29, 0.717) is 5.56 Å². The van der Waals surface area contributed by atoms with Crippen LogP contribution in [0.3, 0.4) is 0 Å². The highest BCUT2D eigenvalue weighted by Crippen LogP contribution is 2.31. The van der Waals surface area contributed by atoms with Crippen molar-refractivity contribution in [1.29, 1.82) is 0 Å². The third-order valence-corrected chi connectivity index (χ3v) is 3.47. The molecule has 1 aliphatic heterocycles. The Morgan fingerprint density at radius 3 is 2.60 bits per heavy atom. The van der Waals surface area contributed by atoms with E-state index in [1.165, 1.54) is 0 Å². The number of hydrogen-bond acceptors (Lipinski definition) is 2. The number of carboxylic acids is 1. The number of aromatic nitrogens is 1. The van der Waals surface area contributed by atoms with Gasteiger partial charge in [-0.3, -0.25) is 4.99 Å². The zero-order valence-corrected chi connectivity index (χ0v) is 10.7. The minimum atomic E-state index is -0.910. The molecule has 100 valence electrons. The maximum atomic E-state index is 10.9. The number of aromatic carboxylic acids is 1. The molecule has 3 rings (SSSR count). The fourth-order valence-electron chi connectivity index (χ4n) is 2.49. The van der Waals surface area contributed by atoms with Gasteiger partial charge in [0.15, 0.2) is 0 Å².